The number of hydrogen-bond donors (Lipinski definition) is 1. The maximum atomic E-state index is 12.2. The number of anilines is 1. The number of cyclic esters (lactones) is 1. The van der Waals surface area contributed by atoms with E-state index in [0.717, 1.165) is 11.1 Å². The molecule has 0 aromatic heterocycles. The van der Waals surface area contributed by atoms with Crippen LogP contribution >= 0.6 is 0 Å². The van der Waals surface area contributed by atoms with Crippen LogP contribution in [0.4, 0.5) is 5.69 Å². The second kappa shape index (κ2) is 8.35. The molecule has 3 rings (SSSR count). The molecular weight excluding hydrogens is 356 g/mol. The van der Waals surface area contributed by atoms with Crippen LogP contribution in [0.1, 0.15) is 25.0 Å². The van der Waals surface area contributed by atoms with Gasteiger partial charge in [-0.25, -0.2) is 9.79 Å². The van der Waals surface area contributed by atoms with Crippen molar-refractivity contribution in [3.8, 4) is 5.75 Å². The summed E-state index contributed by atoms with van der Waals surface area (Å²) in [6, 6.07) is 14.3. The summed E-state index contributed by atoms with van der Waals surface area (Å²) >= 11 is 0. The van der Waals surface area contributed by atoms with Gasteiger partial charge >= 0.3 is 5.97 Å². The molecule has 0 spiro atoms. The van der Waals surface area contributed by atoms with E-state index in [1.165, 1.54) is 6.92 Å². The van der Waals surface area contributed by atoms with Crippen molar-refractivity contribution in [2.24, 2.45) is 4.99 Å². The third kappa shape index (κ3) is 4.73. The monoisotopic (exact) mass is 376 g/mol. The van der Waals surface area contributed by atoms with Crippen molar-refractivity contribution >= 4 is 29.5 Å². The second-order valence-electron chi connectivity index (χ2n) is 6.38. The predicted molar refractivity (Wildman–Crippen MR) is 108 cm³/mol. The fraction of sp³-hybridized carbons (Fsp3) is 0.136. The van der Waals surface area contributed by atoms with Crippen molar-refractivity contribution in [1.29, 1.82) is 0 Å². The zero-order valence-corrected chi connectivity index (χ0v) is 15.7. The Kier molecular flexibility index (Phi) is 5.69. The summed E-state index contributed by atoms with van der Waals surface area (Å²) in [5.41, 5.74) is 3.10. The maximum Gasteiger partial charge on any atom is 0.363 e. The number of benzene rings is 2. The summed E-state index contributed by atoms with van der Waals surface area (Å²) in [6.07, 6.45) is 1.63. The third-order valence-electron chi connectivity index (χ3n) is 3.76. The van der Waals surface area contributed by atoms with Crippen molar-refractivity contribution in [1.82, 2.24) is 0 Å². The Morgan fingerprint density at radius 3 is 2.57 bits per heavy atom. The summed E-state index contributed by atoms with van der Waals surface area (Å²) < 4.78 is 11.0. The zero-order chi connectivity index (χ0) is 20.1. The Hall–Kier alpha value is -3.67. The minimum atomic E-state index is -0.532. The Bertz CT molecular complexity index is 988. The first kappa shape index (κ1) is 19.1. The zero-order valence-electron chi connectivity index (χ0n) is 15.7. The fourth-order valence-electron chi connectivity index (χ4n) is 2.51. The molecule has 0 atom stereocenters. The lowest BCUT2D eigenvalue weighted by molar-refractivity contribution is -0.129. The average molecular weight is 376 g/mol. The van der Waals surface area contributed by atoms with Crippen LogP contribution in [0.2, 0.25) is 0 Å². The van der Waals surface area contributed by atoms with Gasteiger partial charge in [0.1, 0.15) is 12.4 Å². The van der Waals surface area contributed by atoms with Crippen LogP contribution in [0.15, 0.2) is 71.4 Å². The highest BCUT2D eigenvalue weighted by atomic mass is 16.6. The number of nitrogens with zero attached hydrogens (tertiary/aromatic N) is 1. The highest BCUT2D eigenvalue weighted by Crippen LogP contribution is 2.25. The van der Waals surface area contributed by atoms with Gasteiger partial charge in [-0.2, -0.15) is 0 Å². The lowest BCUT2D eigenvalue weighted by Gasteiger charge is -2.08. The first-order chi connectivity index (χ1) is 13.4. The van der Waals surface area contributed by atoms with E-state index in [4.69, 9.17) is 9.47 Å². The van der Waals surface area contributed by atoms with E-state index in [2.05, 4.69) is 16.9 Å². The smallest absolute Gasteiger partial charge is 0.363 e. The lowest BCUT2D eigenvalue weighted by Crippen LogP contribution is -2.07. The van der Waals surface area contributed by atoms with Crippen molar-refractivity contribution < 1.29 is 19.1 Å². The molecule has 2 aromatic carbocycles. The SMILES string of the molecule is C=C(C)COc1ccccc1/C=C1\N=C(c2ccc(NC(C)=O)cc2)OC1=O. The number of rotatable bonds is 6. The second-order valence-corrected chi connectivity index (χ2v) is 6.38. The lowest BCUT2D eigenvalue weighted by atomic mass is 10.1. The fourth-order valence-corrected chi connectivity index (χ4v) is 2.51. The van der Waals surface area contributed by atoms with Gasteiger partial charge in [0, 0.05) is 23.7 Å². The van der Waals surface area contributed by atoms with Gasteiger partial charge in [-0.1, -0.05) is 24.8 Å². The van der Waals surface area contributed by atoms with Gasteiger partial charge in [0.15, 0.2) is 5.70 Å². The van der Waals surface area contributed by atoms with Crippen LogP contribution in [0, 0.1) is 0 Å². The molecule has 28 heavy (non-hydrogen) atoms. The van der Waals surface area contributed by atoms with E-state index >= 15 is 0 Å². The molecule has 6 nitrogen and oxygen atoms in total. The third-order valence-corrected chi connectivity index (χ3v) is 3.76. The molecule has 0 saturated heterocycles. The number of para-hydroxylation sites is 1. The van der Waals surface area contributed by atoms with E-state index in [-0.39, 0.29) is 17.5 Å². The molecule has 0 aliphatic carbocycles. The molecule has 1 N–H and O–H groups in total. The highest BCUT2D eigenvalue weighted by molar-refractivity contribution is 6.13. The van der Waals surface area contributed by atoms with Crippen LogP contribution in [0.3, 0.4) is 0 Å². The van der Waals surface area contributed by atoms with E-state index in [0.29, 0.717) is 23.6 Å². The highest BCUT2D eigenvalue weighted by Gasteiger charge is 2.24. The summed E-state index contributed by atoms with van der Waals surface area (Å²) in [5.74, 6) is 0.158. The van der Waals surface area contributed by atoms with Gasteiger partial charge in [-0.3, -0.25) is 4.79 Å². The van der Waals surface area contributed by atoms with E-state index in [1.807, 2.05) is 31.2 Å². The van der Waals surface area contributed by atoms with Crippen molar-refractivity contribution in [2.45, 2.75) is 13.8 Å². The van der Waals surface area contributed by atoms with Crippen molar-refractivity contribution in [3.63, 3.8) is 0 Å². The van der Waals surface area contributed by atoms with E-state index < -0.39 is 5.97 Å². The number of ether oxygens (including phenoxy) is 2. The Morgan fingerprint density at radius 1 is 1.18 bits per heavy atom. The van der Waals surface area contributed by atoms with Crippen molar-refractivity contribution in [3.05, 3.63) is 77.5 Å². The Labute approximate surface area is 163 Å². The first-order valence-corrected chi connectivity index (χ1v) is 8.69. The predicted octanol–water partition coefficient (Wildman–Crippen LogP) is 3.94. The normalized spacial score (nSPS) is 14.4. The van der Waals surface area contributed by atoms with Gasteiger partial charge in [-0.15, -0.1) is 0 Å². The molecule has 1 heterocycles. The van der Waals surface area contributed by atoms with E-state index in [1.54, 1.807) is 30.3 Å². The van der Waals surface area contributed by atoms with Gasteiger partial charge < -0.3 is 14.8 Å². The maximum absolute atomic E-state index is 12.2. The molecule has 0 saturated carbocycles. The molecule has 0 fully saturated rings. The van der Waals surface area contributed by atoms with Gasteiger partial charge in [0.2, 0.25) is 11.8 Å². The number of nitrogens with one attached hydrogen (secondary N) is 1. The summed E-state index contributed by atoms with van der Waals surface area (Å²) in [7, 11) is 0. The number of esters is 1. The first-order valence-electron chi connectivity index (χ1n) is 8.69. The minimum absolute atomic E-state index is 0.157. The Morgan fingerprint density at radius 2 is 1.89 bits per heavy atom. The van der Waals surface area contributed by atoms with Crippen LogP contribution in [0.5, 0.6) is 5.75 Å². The molecular formula is C22H20N2O4. The van der Waals surface area contributed by atoms with Crippen LogP contribution in [-0.4, -0.2) is 24.4 Å². The van der Waals surface area contributed by atoms with Crippen LogP contribution in [0.25, 0.3) is 6.08 Å². The quantitative estimate of drug-likeness (QED) is 0.471. The number of carbonyl (C=O) groups excluding carboxylic acids is 2. The Balaban J connectivity index is 1.84. The number of hydrogen-bond acceptors (Lipinski definition) is 5. The summed E-state index contributed by atoms with van der Waals surface area (Å²) in [6.45, 7) is 7.52. The molecule has 0 radical (unpaired) electrons. The summed E-state index contributed by atoms with van der Waals surface area (Å²) in [5, 5.41) is 2.68. The molecule has 1 aliphatic heterocycles. The van der Waals surface area contributed by atoms with Gasteiger partial charge in [0.05, 0.1) is 0 Å². The molecule has 142 valence electrons. The van der Waals surface area contributed by atoms with Crippen LogP contribution in [-0.2, 0) is 14.3 Å². The molecule has 1 aliphatic rings. The number of aliphatic imine (C=N–C) groups is 1. The molecule has 0 unspecified atom stereocenters. The minimum Gasteiger partial charge on any atom is -0.489 e. The molecule has 2 aromatic rings. The van der Waals surface area contributed by atoms with Gasteiger partial charge in [0.25, 0.3) is 0 Å². The molecule has 0 bridgehead atoms. The van der Waals surface area contributed by atoms with Crippen LogP contribution < -0.4 is 10.1 Å². The number of carbonyl (C=O) groups is 2. The van der Waals surface area contributed by atoms with E-state index in [9.17, 15) is 9.59 Å². The molecule has 6 heteroatoms. The van der Waals surface area contributed by atoms with Crippen molar-refractivity contribution in [2.75, 3.05) is 11.9 Å². The average Bonchev–Trinajstić information content (AvgIpc) is 3.01. The number of amides is 1. The topological polar surface area (TPSA) is 77.0 Å². The van der Waals surface area contributed by atoms with Gasteiger partial charge in [-0.05, 0) is 48.9 Å². The molecule has 1 amide bonds. The standard InChI is InChI=1S/C22H20N2O4/c1-14(2)13-27-20-7-5-4-6-17(20)12-19-22(26)28-21(24-19)16-8-10-18(11-9-16)23-15(3)25/h4-12H,1,13H2,2-3H3,(H,23,25)/b19-12-. The largest absolute Gasteiger partial charge is 0.489 e. The summed E-state index contributed by atoms with van der Waals surface area (Å²) in [4.78, 5) is 27.6.